The van der Waals surface area contributed by atoms with Crippen LogP contribution in [0.5, 0.6) is 0 Å². The van der Waals surface area contributed by atoms with Crippen molar-refractivity contribution >= 4 is 20.2 Å². The zero-order chi connectivity index (χ0) is 19.1. The van der Waals surface area contributed by atoms with Crippen LogP contribution in [0.2, 0.25) is 0 Å². The van der Waals surface area contributed by atoms with E-state index in [-0.39, 0.29) is 11.6 Å². The number of hydrogen-bond acceptors (Lipinski definition) is 8. The summed E-state index contributed by atoms with van der Waals surface area (Å²) in [6.45, 7) is 3.79. The molecule has 0 saturated carbocycles. The molecule has 0 radical (unpaired) electrons. The molecular formula is C14H17F3N3O5P. The lowest BCUT2D eigenvalue weighted by molar-refractivity contribution is -0.154. The van der Waals surface area contributed by atoms with Gasteiger partial charge in [0.15, 0.2) is 6.61 Å². The number of carbonyl (C=O) groups is 2. The quantitative estimate of drug-likeness (QED) is 0.381. The SMILES string of the molecule is O=C1C=C(N2CC2)C(=O)C(N2CC2)=C1N1CC1.OP(O)OCC(F)(F)F. The third-order valence-electron chi connectivity index (χ3n) is 3.83. The standard InChI is InChI=1S/C12H13N3O2.C2H4F3O3P/c16-9-7-8(13-1-2-13)12(17)11(15-5-6-15)10(9)14-3-4-14;3-2(4,5)1-8-9(6)7/h7H,1-6H2;6-7H,1H2. The average Bonchev–Trinajstić information content (AvgIpc) is 3.34. The van der Waals surface area contributed by atoms with E-state index in [0.29, 0.717) is 17.1 Å². The van der Waals surface area contributed by atoms with Gasteiger partial charge in [0.2, 0.25) is 11.6 Å². The molecule has 0 aromatic heterocycles. The van der Waals surface area contributed by atoms with Gasteiger partial charge >= 0.3 is 14.8 Å². The second-order valence-electron chi connectivity index (χ2n) is 6.02. The zero-order valence-electron chi connectivity index (χ0n) is 13.6. The predicted molar refractivity (Wildman–Crippen MR) is 83.2 cm³/mol. The average molecular weight is 395 g/mol. The maximum absolute atomic E-state index is 12.4. The fourth-order valence-electron chi connectivity index (χ4n) is 2.41. The van der Waals surface area contributed by atoms with Gasteiger partial charge in [0, 0.05) is 45.3 Å². The Balaban J connectivity index is 0.000000188. The first-order valence-corrected chi connectivity index (χ1v) is 9.01. The predicted octanol–water partition coefficient (Wildman–Crippen LogP) is -0.0427. The molecule has 0 aromatic carbocycles. The van der Waals surface area contributed by atoms with Crippen molar-refractivity contribution in [1.29, 1.82) is 0 Å². The summed E-state index contributed by atoms with van der Waals surface area (Å²) in [5.41, 5.74) is 1.89. The van der Waals surface area contributed by atoms with Crippen LogP contribution in [-0.4, -0.2) is 88.1 Å². The van der Waals surface area contributed by atoms with E-state index in [9.17, 15) is 22.8 Å². The highest BCUT2D eigenvalue weighted by Crippen LogP contribution is 2.34. The van der Waals surface area contributed by atoms with E-state index in [1.54, 1.807) is 0 Å². The first-order valence-electron chi connectivity index (χ1n) is 7.85. The van der Waals surface area contributed by atoms with E-state index in [0.717, 1.165) is 39.3 Å². The molecule has 0 aromatic rings. The molecule has 0 spiro atoms. The molecule has 1 aliphatic carbocycles. The van der Waals surface area contributed by atoms with Crippen molar-refractivity contribution in [2.45, 2.75) is 6.18 Å². The lowest BCUT2D eigenvalue weighted by atomic mass is 10.0. The third kappa shape index (κ3) is 4.94. The maximum Gasteiger partial charge on any atom is 0.412 e. The van der Waals surface area contributed by atoms with Crippen molar-refractivity contribution in [3.8, 4) is 0 Å². The van der Waals surface area contributed by atoms with Gasteiger partial charge in [-0.15, -0.1) is 0 Å². The van der Waals surface area contributed by atoms with Crippen molar-refractivity contribution in [3.63, 3.8) is 0 Å². The monoisotopic (exact) mass is 395 g/mol. The van der Waals surface area contributed by atoms with E-state index >= 15 is 0 Å². The van der Waals surface area contributed by atoms with Crippen LogP contribution < -0.4 is 0 Å². The summed E-state index contributed by atoms with van der Waals surface area (Å²) in [5, 5.41) is 0. The molecule has 0 unspecified atom stereocenters. The minimum atomic E-state index is -4.49. The molecule has 0 bridgehead atoms. The molecule has 0 atom stereocenters. The van der Waals surface area contributed by atoms with Crippen molar-refractivity contribution in [2.24, 2.45) is 0 Å². The number of nitrogens with zero attached hydrogens (tertiary/aromatic N) is 3. The minimum absolute atomic E-state index is 0.00546. The Morgan fingerprint density at radius 1 is 0.962 bits per heavy atom. The lowest BCUT2D eigenvalue weighted by Crippen LogP contribution is -2.29. The molecule has 3 fully saturated rings. The van der Waals surface area contributed by atoms with E-state index in [1.165, 1.54) is 6.08 Å². The molecule has 3 heterocycles. The molecule has 4 rings (SSSR count). The molecular weight excluding hydrogens is 378 g/mol. The summed E-state index contributed by atoms with van der Waals surface area (Å²) < 4.78 is 36.7. The van der Waals surface area contributed by atoms with Gasteiger partial charge in [-0.1, -0.05) is 0 Å². The normalized spacial score (nSPS) is 21.8. The van der Waals surface area contributed by atoms with Crippen LogP contribution in [0.1, 0.15) is 0 Å². The fourth-order valence-corrected chi connectivity index (χ4v) is 2.67. The molecule has 12 heteroatoms. The second kappa shape index (κ2) is 7.15. The molecule has 26 heavy (non-hydrogen) atoms. The second-order valence-corrected chi connectivity index (χ2v) is 6.79. The van der Waals surface area contributed by atoms with E-state index in [4.69, 9.17) is 9.79 Å². The van der Waals surface area contributed by atoms with Gasteiger partial charge < -0.3 is 29.0 Å². The summed E-state index contributed by atoms with van der Waals surface area (Å²) >= 11 is 0. The fraction of sp³-hybridized carbons (Fsp3) is 0.571. The number of ketones is 2. The Morgan fingerprint density at radius 3 is 1.85 bits per heavy atom. The molecule has 4 aliphatic rings. The largest absolute Gasteiger partial charge is 0.412 e. The summed E-state index contributed by atoms with van der Waals surface area (Å²) in [7, 11) is -2.88. The van der Waals surface area contributed by atoms with Crippen LogP contribution in [0.3, 0.4) is 0 Å². The Kier molecular flexibility index (Phi) is 5.25. The van der Waals surface area contributed by atoms with Gasteiger partial charge in [-0.2, -0.15) is 13.2 Å². The van der Waals surface area contributed by atoms with Crippen molar-refractivity contribution in [3.05, 3.63) is 23.2 Å². The van der Waals surface area contributed by atoms with Crippen molar-refractivity contribution in [2.75, 3.05) is 45.9 Å². The van der Waals surface area contributed by atoms with Gasteiger partial charge in [-0.05, 0) is 0 Å². The highest BCUT2D eigenvalue weighted by atomic mass is 31.2. The smallest absolute Gasteiger partial charge is 0.365 e. The van der Waals surface area contributed by atoms with E-state index in [2.05, 4.69) is 4.52 Å². The topological polar surface area (TPSA) is 92.9 Å². The Bertz CT molecular complexity index is 667. The Hall–Kier alpha value is -1.68. The van der Waals surface area contributed by atoms with E-state index < -0.39 is 21.4 Å². The number of Topliss-reactive ketones (excluding diaryl/α,β-unsaturated/α-hetero) is 1. The zero-order valence-corrected chi connectivity index (χ0v) is 14.5. The number of rotatable bonds is 5. The lowest BCUT2D eigenvalue weighted by Gasteiger charge is -2.21. The van der Waals surface area contributed by atoms with Crippen LogP contribution in [0.25, 0.3) is 0 Å². The highest BCUT2D eigenvalue weighted by molar-refractivity contribution is 7.39. The summed E-state index contributed by atoms with van der Waals surface area (Å²) in [5.74, 6) is 0.0485. The van der Waals surface area contributed by atoms with Gasteiger partial charge in [0.1, 0.15) is 11.4 Å². The molecule has 144 valence electrons. The van der Waals surface area contributed by atoms with Gasteiger partial charge in [-0.3, -0.25) is 9.59 Å². The van der Waals surface area contributed by atoms with E-state index in [1.807, 2.05) is 14.7 Å². The molecule has 3 saturated heterocycles. The van der Waals surface area contributed by atoms with Crippen LogP contribution in [0.4, 0.5) is 13.2 Å². The summed E-state index contributed by atoms with van der Waals surface area (Å²) in [4.78, 5) is 46.1. The number of carbonyl (C=O) groups excluding carboxylic acids is 2. The molecule has 3 aliphatic heterocycles. The van der Waals surface area contributed by atoms with Crippen molar-refractivity contribution < 1.29 is 37.1 Å². The van der Waals surface area contributed by atoms with Gasteiger partial charge in [0.05, 0.1) is 5.70 Å². The summed E-state index contributed by atoms with van der Waals surface area (Å²) in [6.07, 6.45) is -2.97. The first-order chi connectivity index (χ1) is 12.2. The molecule has 8 nitrogen and oxygen atoms in total. The number of allylic oxidation sites excluding steroid dienone is 1. The minimum Gasteiger partial charge on any atom is -0.365 e. The number of hydrogen-bond donors (Lipinski definition) is 2. The van der Waals surface area contributed by atoms with Gasteiger partial charge in [0.25, 0.3) is 0 Å². The third-order valence-corrected chi connectivity index (χ3v) is 4.19. The van der Waals surface area contributed by atoms with Crippen molar-refractivity contribution in [1.82, 2.24) is 14.7 Å². The first kappa shape index (κ1) is 19.1. The van der Waals surface area contributed by atoms with Crippen LogP contribution in [0, 0.1) is 0 Å². The van der Waals surface area contributed by atoms with Crippen LogP contribution in [-0.2, 0) is 14.1 Å². The number of alkyl halides is 3. The van der Waals surface area contributed by atoms with Crippen LogP contribution >= 0.6 is 8.60 Å². The molecule has 0 amide bonds. The Morgan fingerprint density at radius 2 is 1.46 bits per heavy atom. The number of halogens is 3. The highest BCUT2D eigenvalue weighted by Gasteiger charge is 2.43. The summed E-state index contributed by atoms with van der Waals surface area (Å²) in [6, 6.07) is 0. The Labute approximate surface area is 148 Å². The van der Waals surface area contributed by atoms with Crippen LogP contribution in [0.15, 0.2) is 23.2 Å². The molecule has 2 N–H and O–H groups in total. The van der Waals surface area contributed by atoms with Gasteiger partial charge in [-0.25, -0.2) is 0 Å². The maximum atomic E-state index is 12.4.